The Bertz CT molecular complexity index is 784. The maximum absolute atomic E-state index is 11.0. The predicted molar refractivity (Wildman–Crippen MR) is 87.9 cm³/mol. The average molecular weight is 312 g/mol. The lowest BCUT2D eigenvalue weighted by atomic mass is 10.2. The first-order chi connectivity index (χ1) is 10.7. The van der Waals surface area contributed by atoms with E-state index in [0.717, 1.165) is 28.1 Å². The molecular weight excluding hydrogens is 296 g/mol. The molecule has 5 heteroatoms. The maximum Gasteiger partial charge on any atom is 0.197 e. The van der Waals surface area contributed by atoms with Gasteiger partial charge in [0.05, 0.1) is 11.8 Å². The molecule has 0 saturated carbocycles. The molecule has 0 fully saturated rings. The van der Waals surface area contributed by atoms with E-state index < -0.39 is 0 Å². The summed E-state index contributed by atoms with van der Waals surface area (Å²) in [4.78, 5) is 20.2. The van der Waals surface area contributed by atoms with Crippen molar-refractivity contribution in [1.82, 2.24) is 9.97 Å². The van der Waals surface area contributed by atoms with Gasteiger partial charge in [0.1, 0.15) is 10.8 Å². The summed E-state index contributed by atoms with van der Waals surface area (Å²) in [5, 5.41) is 1.96. The molecule has 0 aliphatic rings. The number of fused-ring (bicyclic) bond motifs is 1. The molecule has 3 aromatic rings. The Morgan fingerprint density at radius 3 is 2.82 bits per heavy atom. The van der Waals surface area contributed by atoms with E-state index in [9.17, 15) is 4.79 Å². The third-order valence-corrected chi connectivity index (χ3v) is 4.30. The van der Waals surface area contributed by atoms with Gasteiger partial charge >= 0.3 is 0 Å². The largest absolute Gasteiger partial charge is 0.461 e. The van der Waals surface area contributed by atoms with Crippen LogP contribution in [-0.4, -0.2) is 21.5 Å². The molecule has 0 aliphatic heterocycles. The first-order valence-electron chi connectivity index (χ1n) is 7.17. The van der Waals surface area contributed by atoms with Crippen molar-refractivity contribution in [3.05, 3.63) is 42.7 Å². The van der Waals surface area contributed by atoms with Crippen molar-refractivity contribution in [2.75, 3.05) is 5.75 Å². The van der Waals surface area contributed by atoms with Crippen LogP contribution in [0.3, 0.4) is 0 Å². The molecule has 2 aromatic heterocycles. The van der Waals surface area contributed by atoms with Crippen LogP contribution in [0.5, 0.6) is 0 Å². The zero-order valence-corrected chi connectivity index (χ0v) is 13.1. The van der Waals surface area contributed by atoms with Gasteiger partial charge in [-0.05, 0) is 37.3 Å². The zero-order chi connectivity index (χ0) is 15.4. The monoisotopic (exact) mass is 312 g/mol. The van der Waals surface area contributed by atoms with Crippen LogP contribution in [0.4, 0.5) is 0 Å². The number of furan rings is 1. The van der Waals surface area contributed by atoms with E-state index in [1.165, 1.54) is 0 Å². The van der Waals surface area contributed by atoms with Gasteiger partial charge in [-0.3, -0.25) is 0 Å². The number of rotatable bonds is 6. The van der Waals surface area contributed by atoms with Gasteiger partial charge in [0.2, 0.25) is 0 Å². The van der Waals surface area contributed by atoms with E-state index in [2.05, 4.69) is 9.97 Å². The third kappa shape index (κ3) is 3.36. The number of hydrogen-bond acceptors (Lipinski definition) is 5. The van der Waals surface area contributed by atoms with Crippen molar-refractivity contribution in [3.8, 4) is 11.6 Å². The maximum atomic E-state index is 11.0. The fourth-order valence-corrected chi connectivity index (χ4v) is 3.12. The second-order valence-corrected chi connectivity index (χ2v) is 6.08. The van der Waals surface area contributed by atoms with E-state index in [4.69, 9.17) is 4.42 Å². The Labute approximate surface area is 133 Å². The minimum atomic E-state index is 0.226. The van der Waals surface area contributed by atoms with Crippen molar-refractivity contribution in [1.29, 1.82) is 0 Å². The summed E-state index contributed by atoms with van der Waals surface area (Å²) in [6.45, 7) is 1.62. The van der Waals surface area contributed by atoms with Gasteiger partial charge < -0.3 is 9.21 Å². The van der Waals surface area contributed by atoms with E-state index in [-0.39, 0.29) is 5.78 Å². The molecule has 112 valence electrons. The lowest BCUT2D eigenvalue weighted by Crippen LogP contribution is -1.95. The fraction of sp³-hybridized carbons (Fsp3) is 0.235. The lowest BCUT2D eigenvalue weighted by Gasteiger charge is -2.07. The molecule has 3 rings (SSSR count). The highest BCUT2D eigenvalue weighted by Crippen LogP contribution is 2.29. The Hall–Kier alpha value is -2.14. The van der Waals surface area contributed by atoms with Crippen LogP contribution in [-0.2, 0) is 4.79 Å². The van der Waals surface area contributed by atoms with E-state index >= 15 is 0 Å². The normalized spacial score (nSPS) is 11.0. The first kappa shape index (κ1) is 14.8. The van der Waals surface area contributed by atoms with Crippen LogP contribution in [0.15, 0.2) is 52.1 Å². The smallest absolute Gasteiger partial charge is 0.197 e. The number of nitrogens with zero attached hydrogens (tertiary/aromatic N) is 2. The SMILES string of the molecule is CC(=O)CCCSc1nc(-c2ccco2)nc2ccccc12. The van der Waals surface area contributed by atoms with Crippen molar-refractivity contribution < 1.29 is 9.21 Å². The predicted octanol–water partition coefficient (Wildman–Crippen LogP) is 4.35. The summed E-state index contributed by atoms with van der Waals surface area (Å²) < 4.78 is 5.40. The van der Waals surface area contributed by atoms with Crippen molar-refractivity contribution in [2.24, 2.45) is 0 Å². The van der Waals surface area contributed by atoms with Crippen LogP contribution in [0, 0.1) is 0 Å². The van der Waals surface area contributed by atoms with Crippen LogP contribution in [0.25, 0.3) is 22.5 Å². The number of carbonyl (C=O) groups excluding carboxylic acids is 1. The Morgan fingerprint density at radius 2 is 2.05 bits per heavy atom. The highest BCUT2D eigenvalue weighted by molar-refractivity contribution is 7.99. The summed E-state index contributed by atoms with van der Waals surface area (Å²) in [7, 11) is 0. The molecule has 0 amide bonds. The molecule has 0 radical (unpaired) electrons. The quantitative estimate of drug-likeness (QED) is 0.385. The summed E-state index contributed by atoms with van der Waals surface area (Å²) in [6, 6.07) is 11.6. The number of benzene rings is 1. The number of hydrogen-bond donors (Lipinski definition) is 0. The Morgan fingerprint density at radius 1 is 1.18 bits per heavy atom. The number of aromatic nitrogens is 2. The van der Waals surface area contributed by atoms with Gasteiger partial charge in [-0.1, -0.05) is 18.2 Å². The summed E-state index contributed by atoms with van der Waals surface area (Å²) in [6.07, 6.45) is 3.09. The molecule has 0 unspecified atom stereocenters. The van der Waals surface area contributed by atoms with Gasteiger partial charge in [0.25, 0.3) is 0 Å². The van der Waals surface area contributed by atoms with Gasteiger partial charge in [-0.25, -0.2) is 9.97 Å². The van der Waals surface area contributed by atoms with E-state index in [0.29, 0.717) is 18.0 Å². The number of para-hydroxylation sites is 1. The summed E-state index contributed by atoms with van der Waals surface area (Å²) >= 11 is 1.66. The van der Waals surface area contributed by atoms with Crippen molar-refractivity contribution in [3.63, 3.8) is 0 Å². The highest BCUT2D eigenvalue weighted by atomic mass is 32.2. The Kier molecular flexibility index (Phi) is 4.53. The topological polar surface area (TPSA) is 56.0 Å². The average Bonchev–Trinajstić information content (AvgIpc) is 3.05. The molecule has 22 heavy (non-hydrogen) atoms. The molecule has 0 bridgehead atoms. The van der Waals surface area contributed by atoms with Crippen molar-refractivity contribution >= 4 is 28.4 Å². The Balaban J connectivity index is 1.91. The number of carbonyl (C=O) groups is 1. The van der Waals surface area contributed by atoms with Crippen LogP contribution in [0.2, 0.25) is 0 Å². The van der Waals surface area contributed by atoms with Crippen LogP contribution >= 0.6 is 11.8 Å². The molecule has 0 saturated heterocycles. The van der Waals surface area contributed by atoms with Crippen molar-refractivity contribution in [2.45, 2.75) is 24.8 Å². The first-order valence-corrected chi connectivity index (χ1v) is 8.15. The van der Waals surface area contributed by atoms with E-state index in [1.54, 1.807) is 24.9 Å². The number of ketones is 1. The standard InChI is InChI=1S/C17H16N2O2S/c1-12(20)6-5-11-22-17-13-7-2-3-8-14(13)18-16(19-17)15-9-4-10-21-15/h2-4,7-10H,5-6,11H2,1H3. The van der Waals surface area contributed by atoms with Crippen LogP contribution < -0.4 is 0 Å². The summed E-state index contributed by atoms with van der Waals surface area (Å²) in [5.41, 5.74) is 0.901. The number of thioether (sulfide) groups is 1. The van der Waals surface area contributed by atoms with Gasteiger partial charge in [0.15, 0.2) is 11.6 Å². The second-order valence-electron chi connectivity index (χ2n) is 5.00. The lowest BCUT2D eigenvalue weighted by molar-refractivity contribution is -0.117. The second kappa shape index (κ2) is 6.75. The van der Waals surface area contributed by atoms with Crippen LogP contribution in [0.1, 0.15) is 19.8 Å². The van der Waals surface area contributed by atoms with E-state index in [1.807, 2.05) is 36.4 Å². The minimum Gasteiger partial charge on any atom is -0.461 e. The molecule has 2 heterocycles. The molecular formula is C17H16N2O2S. The molecule has 0 N–H and O–H groups in total. The molecule has 0 aliphatic carbocycles. The zero-order valence-electron chi connectivity index (χ0n) is 12.3. The summed E-state index contributed by atoms with van der Waals surface area (Å²) in [5.74, 6) is 2.34. The number of Topliss-reactive ketones (excluding diaryl/α,β-unsaturated/α-hetero) is 1. The molecule has 0 atom stereocenters. The van der Waals surface area contributed by atoms with Gasteiger partial charge in [-0.2, -0.15) is 0 Å². The van der Waals surface area contributed by atoms with Gasteiger partial charge in [-0.15, -0.1) is 11.8 Å². The molecule has 1 aromatic carbocycles. The van der Waals surface area contributed by atoms with Gasteiger partial charge in [0, 0.05) is 11.8 Å². The molecule has 4 nitrogen and oxygen atoms in total. The minimum absolute atomic E-state index is 0.226. The fourth-order valence-electron chi connectivity index (χ4n) is 2.16. The third-order valence-electron chi connectivity index (χ3n) is 3.22. The molecule has 0 spiro atoms. The highest BCUT2D eigenvalue weighted by Gasteiger charge is 2.11.